The van der Waals surface area contributed by atoms with E-state index < -0.39 is 0 Å². The minimum atomic E-state index is 0. The number of hydrogen-bond acceptors (Lipinski definition) is 5. The molecule has 0 fully saturated rings. The summed E-state index contributed by atoms with van der Waals surface area (Å²) in [6, 6.07) is 2.15. The van der Waals surface area contributed by atoms with E-state index in [1.165, 1.54) is 15.6 Å². The lowest BCUT2D eigenvalue weighted by Crippen LogP contribution is -2.28. The van der Waals surface area contributed by atoms with Crippen molar-refractivity contribution < 1.29 is 0 Å². The highest BCUT2D eigenvalue weighted by atomic mass is 35.5. The molecular weight excluding hydrogens is 391 g/mol. The zero-order valence-corrected chi connectivity index (χ0v) is 17.4. The molecule has 0 amide bonds. The molecular formula is C17H24Cl2N6S. The molecule has 0 bridgehead atoms. The fraction of sp³-hybridized carbons (Fsp3) is 0.471. The number of halogens is 2. The van der Waals surface area contributed by atoms with E-state index in [4.69, 9.17) is 5.10 Å². The third-order valence-corrected chi connectivity index (χ3v) is 5.61. The minimum Gasteiger partial charge on any atom is -0.330 e. The summed E-state index contributed by atoms with van der Waals surface area (Å²) >= 11 is 1.81. The summed E-state index contributed by atoms with van der Waals surface area (Å²) in [5.74, 6) is 0.961. The summed E-state index contributed by atoms with van der Waals surface area (Å²) in [4.78, 5) is 10.5. The lowest BCUT2D eigenvalue weighted by Gasteiger charge is -2.13. The van der Waals surface area contributed by atoms with Crippen LogP contribution in [0.2, 0.25) is 0 Å². The van der Waals surface area contributed by atoms with Gasteiger partial charge in [0.15, 0.2) is 5.82 Å². The molecule has 0 saturated carbocycles. The van der Waals surface area contributed by atoms with E-state index in [0.29, 0.717) is 0 Å². The first-order valence-electron chi connectivity index (χ1n) is 8.42. The van der Waals surface area contributed by atoms with E-state index in [2.05, 4.69) is 44.4 Å². The molecule has 0 unspecified atom stereocenters. The molecule has 26 heavy (non-hydrogen) atoms. The Labute approximate surface area is 169 Å². The Morgan fingerprint density at radius 2 is 2.12 bits per heavy atom. The molecule has 3 aromatic rings. The van der Waals surface area contributed by atoms with Gasteiger partial charge < -0.3 is 9.88 Å². The summed E-state index contributed by atoms with van der Waals surface area (Å²) in [5, 5.41) is 9.33. The van der Waals surface area contributed by atoms with E-state index in [1.807, 2.05) is 23.7 Å². The molecule has 3 aromatic heterocycles. The quantitative estimate of drug-likeness (QED) is 0.694. The maximum absolute atomic E-state index is 4.72. The van der Waals surface area contributed by atoms with Gasteiger partial charge in [0.05, 0.1) is 22.9 Å². The number of aryl methyl sites for hydroxylation is 4. The van der Waals surface area contributed by atoms with E-state index in [9.17, 15) is 0 Å². The van der Waals surface area contributed by atoms with Crippen molar-refractivity contribution in [2.75, 3.05) is 6.54 Å². The fourth-order valence-corrected chi connectivity index (χ4v) is 4.05. The summed E-state index contributed by atoms with van der Waals surface area (Å²) in [6.07, 6.45) is 5.99. The number of aromatic nitrogens is 5. The molecule has 0 saturated heterocycles. The number of thiazole rings is 1. The molecule has 6 nitrogen and oxygen atoms in total. The van der Waals surface area contributed by atoms with Crippen LogP contribution in [0.4, 0.5) is 0 Å². The van der Waals surface area contributed by atoms with Crippen LogP contribution in [-0.4, -0.2) is 30.9 Å². The Balaban J connectivity index is 0.00000121. The summed E-state index contributed by atoms with van der Waals surface area (Å²) in [7, 11) is 0. The van der Waals surface area contributed by atoms with Crippen LogP contribution in [0.25, 0.3) is 11.5 Å². The van der Waals surface area contributed by atoms with Crippen LogP contribution >= 0.6 is 36.2 Å². The summed E-state index contributed by atoms with van der Waals surface area (Å²) in [5.41, 5.74) is 3.37. The first-order chi connectivity index (χ1) is 11.7. The van der Waals surface area contributed by atoms with Crippen molar-refractivity contribution in [3.05, 3.63) is 39.7 Å². The van der Waals surface area contributed by atoms with Gasteiger partial charge in [-0.15, -0.1) is 36.2 Å². The fourth-order valence-electron chi connectivity index (χ4n) is 3.07. The number of imidazole rings is 1. The number of hydrogen-bond donors (Lipinski definition) is 1. The highest BCUT2D eigenvalue weighted by Gasteiger charge is 2.16. The predicted octanol–water partition coefficient (Wildman–Crippen LogP) is 3.40. The third kappa shape index (κ3) is 4.28. The SMILES string of the molecule is Cc1nc(CCCn2ccnc2-c2cc3n(n2)CCNC3)sc1C.Cl.Cl. The molecule has 1 aliphatic heterocycles. The van der Waals surface area contributed by atoms with E-state index in [0.717, 1.165) is 56.2 Å². The lowest BCUT2D eigenvalue weighted by molar-refractivity contribution is 0.476. The normalized spacial score (nSPS) is 13.0. The minimum absolute atomic E-state index is 0. The Bertz CT molecular complexity index is 810. The Hall–Kier alpha value is -1.41. The van der Waals surface area contributed by atoms with Crippen molar-refractivity contribution in [2.45, 2.75) is 46.3 Å². The molecule has 9 heteroatoms. The number of nitrogens with one attached hydrogen (secondary N) is 1. The molecule has 4 heterocycles. The molecule has 0 atom stereocenters. The summed E-state index contributed by atoms with van der Waals surface area (Å²) < 4.78 is 4.29. The monoisotopic (exact) mass is 414 g/mol. The van der Waals surface area contributed by atoms with Gasteiger partial charge in [0.2, 0.25) is 0 Å². The topological polar surface area (TPSA) is 60.6 Å². The van der Waals surface area contributed by atoms with Crippen LogP contribution < -0.4 is 5.32 Å². The van der Waals surface area contributed by atoms with Crippen LogP contribution in [0, 0.1) is 13.8 Å². The van der Waals surface area contributed by atoms with E-state index >= 15 is 0 Å². The van der Waals surface area contributed by atoms with Gasteiger partial charge in [-0.1, -0.05) is 0 Å². The van der Waals surface area contributed by atoms with E-state index in [-0.39, 0.29) is 24.8 Å². The van der Waals surface area contributed by atoms with Crippen LogP contribution in [0.5, 0.6) is 0 Å². The molecule has 142 valence electrons. The molecule has 1 aliphatic rings. The molecule has 0 spiro atoms. The first-order valence-corrected chi connectivity index (χ1v) is 9.24. The van der Waals surface area contributed by atoms with Gasteiger partial charge in [0.1, 0.15) is 5.69 Å². The second kappa shape index (κ2) is 8.99. The maximum atomic E-state index is 4.72. The average Bonchev–Trinajstić information content (AvgIpc) is 3.26. The molecule has 0 aliphatic carbocycles. The van der Waals surface area contributed by atoms with Gasteiger partial charge in [-0.2, -0.15) is 5.10 Å². The molecule has 0 radical (unpaired) electrons. The first kappa shape index (κ1) is 20.9. The third-order valence-electron chi connectivity index (χ3n) is 4.48. The van der Waals surface area contributed by atoms with Crippen molar-refractivity contribution in [3.8, 4) is 11.5 Å². The predicted molar refractivity (Wildman–Crippen MR) is 110 cm³/mol. The van der Waals surface area contributed by atoms with Gasteiger partial charge in [0, 0.05) is 43.3 Å². The highest BCUT2D eigenvalue weighted by molar-refractivity contribution is 7.11. The van der Waals surface area contributed by atoms with Crippen molar-refractivity contribution in [1.29, 1.82) is 0 Å². The van der Waals surface area contributed by atoms with Crippen molar-refractivity contribution in [2.24, 2.45) is 0 Å². The van der Waals surface area contributed by atoms with Gasteiger partial charge >= 0.3 is 0 Å². The van der Waals surface area contributed by atoms with Gasteiger partial charge in [-0.05, 0) is 26.3 Å². The highest BCUT2D eigenvalue weighted by Crippen LogP contribution is 2.21. The zero-order valence-electron chi connectivity index (χ0n) is 14.9. The maximum Gasteiger partial charge on any atom is 0.160 e. The van der Waals surface area contributed by atoms with Gasteiger partial charge in [0.25, 0.3) is 0 Å². The largest absolute Gasteiger partial charge is 0.330 e. The molecule has 4 rings (SSSR count). The standard InChI is InChI=1S/C17H22N6S.2ClH/c1-12-13(2)24-16(20-12)4-3-7-22-8-6-19-17(22)15-10-14-11-18-5-9-23(14)21-15;;/h6,8,10,18H,3-5,7,9,11H2,1-2H3;2*1H. The van der Waals surface area contributed by atoms with Crippen LogP contribution in [0.15, 0.2) is 18.5 Å². The van der Waals surface area contributed by atoms with Gasteiger partial charge in [-0.3, -0.25) is 4.68 Å². The van der Waals surface area contributed by atoms with Gasteiger partial charge in [-0.25, -0.2) is 9.97 Å². The molecule has 0 aromatic carbocycles. The van der Waals surface area contributed by atoms with Crippen molar-refractivity contribution in [1.82, 2.24) is 29.6 Å². The Morgan fingerprint density at radius 1 is 1.27 bits per heavy atom. The lowest BCUT2D eigenvalue weighted by atomic mass is 10.3. The Kier molecular flexibility index (Phi) is 7.23. The Morgan fingerprint density at radius 3 is 2.85 bits per heavy atom. The number of fused-ring (bicyclic) bond motifs is 1. The number of rotatable bonds is 5. The van der Waals surface area contributed by atoms with Crippen LogP contribution in [0.3, 0.4) is 0 Å². The van der Waals surface area contributed by atoms with Crippen LogP contribution in [0.1, 0.15) is 27.7 Å². The number of nitrogens with zero attached hydrogens (tertiary/aromatic N) is 5. The molecule has 1 N–H and O–H groups in total. The summed E-state index contributed by atoms with van der Waals surface area (Å²) in [6.45, 7) is 7.95. The van der Waals surface area contributed by atoms with E-state index in [1.54, 1.807) is 0 Å². The second-order valence-corrected chi connectivity index (χ2v) is 7.51. The van der Waals surface area contributed by atoms with Crippen molar-refractivity contribution >= 4 is 36.2 Å². The zero-order chi connectivity index (χ0) is 16.5. The van der Waals surface area contributed by atoms with Crippen molar-refractivity contribution in [3.63, 3.8) is 0 Å². The second-order valence-electron chi connectivity index (χ2n) is 6.22. The average molecular weight is 415 g/mol. The smallest absolute Gasteiger partial charge is 0.160 e. The van der Waals surface area contributed by atoms with Crippen LogP contribution in [-0.2, 0) is 26.1 Å².